The zero-order valence-corrected chi connectivity index (χ0v) is 18.3. The Kier molecular flexibility index (Phi) is 8.86. The summed E-state index contributed by atoms with van der Waals surface area (Å²) >= 11 is 0. The standard InChI is InChI=1S/C19H27N5O2.HI/c1-3-25-18-7-5-4-6-16(18)14-21-19(20-2)24-11-9-23(10-12-24)15-17-8-13-26-22-17;/h4-8,13H,3,9-12,14-15H2,1-2H3,(H,20,21);1H. The highest BCUT2D eigenvalue weighted by atomic mass is 127. The average molecular weight is 485 g/mol. The molecule has 1 aromatic heterocycles. The predicted molar refractivity (Wildman–Crippen MR) is 117 cm³/mol. The molecular formula is C19H28IN5O2. The van der Waals surface area contributed by atoms with Crippen molar-refractivity contribution >= 4 is 29.9 Å². The molecule has 0 unspecified atom stereocenters. The lowest BCUT2D eigenvalue weighted by molar-refractivity contribution is 0.169. The Balaban J connectivity index is 0.00000261. The minimum Gasteiger partial charge on any atom is -0.494 e. The van der Waals surface area contributed by atoms with E-state index >= 15 is 0 Å². The molecular weight excluding hydrogens is 457 g/mol. The molecule has 2 aromatic rings. The van der Waals surface area contributed by atoms with Gasteiger partial charge in [0.15, 0.2) is 5.96 Å². The summed E-state index contributed by atoms with van der Waals surface area (Å²) in [6, 6.07) is 10.0. The zero-order valence-electron chi connectivity index (χ0n) is 15.9. The van der Waals surface area contributed by atoms with Gasteiger partial charge in [-0.05, 0) is 13.0 Å². The van der Waals surface area contributed by atoms with E-state index in [-0.39, 0.29) is 24.0 Å². The molecule has 1 aliphatic heterocycles. The number of guanidine groups is 1. The lowest BCUT2D eigenvalue weighted by atomic mass is 10.2. The molecule has 1 aliphatic rings. The SMILES string of the molecule is CCOc1ccccc1CNC(=NC)N1CCN(Cc2ccon2)CC1.I. The van der Waals surface area contributed by atoms with Crippen LogP contribution in [0, 0.1) is 0 Å². The van der Waals surface area contributed by atoms with Crippen molar-refractivity contribution in [3.05, 3.63) is 47.9 Å². The molecule has 148 valence electrons. The van der Waals surface area contributed by atoms with Crippen LogP contribution in [0.2, 0.25) is 0 Å². The van der Waals surface area contributed by atoms with Crippen molar-refractivity contribution in [1.82, 2.24) is 20.3 Å². The number of hydrogen-bond acceptors (Lipinski definition) is 5. The first-order valence-electron chi connectivity index (χ1n) is 9.08. The highest BCUT2D eigenvalue weighted by Crippen LogP contribution is 2.17. The maximum Gasteiger partial charge on any atom is 0.194 e. The predicted octanol–water partition coefficient (Wildman–Crippen LogP) is 2.58. The topological polar surface area (TPSA) is 66.1 Å². The Hall–Kier alpha value is -1.81. The molecule has 0 amide bonds. The summed E-state index contributed by atoms with van der Waals surface area (Å²) in [5, 5.41) is 7.45. The molecule has 0 atom stereocenters. The molecule has 1 saturated heterocycles. The van der Waals surface area contributed by atoms with Crippen LogP contribution in [-0.4, -0.2) is 60.7 Å². The van der Waals surface area contributed by atoms with Crippen molar-refractivity contribution in [2.75, 3.05) is 39.8 Å². The van der Waals surface area contributed by atoms with Gasteiger partial charge in [-0.3, -0.25) is 9.89 Å². The first-order valence-corrected chi connectivity index (χ1v) is 9.08. The summed E-state index contributed by atoms with van der Waals surface area (Å²) in [7, 11) is 1.83. The molecule has 27 heavy (non-hydrogen) atoms. The zero-order chi connectivity index (χ0) is 18.2. The summed E-state index contributed by atoms with van der Waals surface area (Å²) in [4.78, 5) is 9.12. The minimum atomic E-state index is 0. The van der Waals surface area contributed by atoms with Crippen molar-refractivity contribution in [1.29, 1.82) is 0 Å². The van der Waals surface area contributed by atoms with E-state index in [2.05, 4.69) is 31.3 Å². The van der Waals surface area contributed by atoms with E-state index in [1.165, 1.54) is 0 Å². The van der Waals surface area contributed by atoms with Gasteiger partial charge in [-0.1, -0.05) is 23.4 Å². The Morgan fingerprint density at radius 1 is 1.22 bits per heavy atom. The second kappa shape index (κ2) is 11.1. The Morgan fingerprint density at radius 2 is 2.00 bits per heavy atom. The fraction of sp³-hybridized carbons (Fsp3) is 0.474. The highest BCUT2D eigenvalue weighted by Gasteiger charge is 2.20. The van der Waals surface area contributed by atoms with E-state index in [1.807, 2.05) is 38.2 Å². The quantitative estimate of drug-likeness (QED) is 0.386. The number of rotatable bonds is 6. The number of aliphatic imine (C=N–C) groups is 1. The lowest BCUT2D eigenvalue weighted by Gasteiger charge is -2.36. The second-order valence-corrected chi connectivity index (χ2v) is 6.20. The van der Waals surface area contributed by atoms with Crippen molar-refractivity contribution < 1.29 is 9.26 Å². The number of nitrogens with one attached hydrogen (secondary N) is 1. The van der Waals surface area contributed by atoms with Gasteiger partial charge in [-0.25, -0.2) is 0 Å². The summed E-state index contributed by atoms with van der Waals surface area (Å²) < 4.78 is 10.6. The number of halogens is 1. The third kappa shape index (κ3) is 6.10. The summed E-state index contributed by atoms with van der Waals surface area (Å²) in [5.74, 6) is 1.85. The number of piperazine rings is 1. The van der Waals surface area contributed by atoms with E-state index in [0.717, 1.165) is 55.7 Å². The van der Waals surface area contributed by atoms with Gasteiger partial charge in [-0.2, -0.15) is 0 Å². The van der Waals surface area contributed by atoms with Crippen molar-refractivity contribution in [3.63, 3.8) is 0 Å². The number of nitrogens with zero attached hydrogens (tertiary/aromatic N) is 4. The van der Waals surface area contributed by atoms with Gasteiger partial charge in [0, 0.05) is 57.9 Å². The van der Waals surface area contributed by atoms with Gasteiger partial charge in [0.1, 0.15) is 12.0 Å². The monoisotopic (exact) mass is 485 g/mol. The summed E-state index contributed by atoms with van der Waals surface area (Å²) in [6.07, 6.45) is 1.62. The summed E-state index contributed by atoms with van der Waals surface area (Å²) in [5.41, 5.74) is 2.12. The first kappa shape index (κ1) is 21.5. The lowest BCUT2D eigenvalue weighted by Crippen LogP contribution is -2.52. The summed E-state index contributed by atoms with van der Waals surface area (Å²) in [6.45, 7) is 8.02. The first-order chi connectivity index (χ1) is 12.8. The van der Waals surface area contributed by atoms with Crippen LogP contribution in [0.3, 0.4) is 0 Å². The molecule has 1 aromatic carbocycles. The van der Waals surface area contributed by atoms with Crippen molar-refractivity contribution in [3.8, 4) is 5.75 Å². The van der Waals surface area contributed by atoms with Crippen LogP contribution in [0.4, 0.5) is 0 Å². The van der Waals surface area contributed by atoms with Crippen LogP contribution < -0.4 is 10.1 Å². The number of benzene rings is 1. The molecule has 8 heteroatoms. The largest absolute Gasteiger partial charge is 0.494 e. The number of ether oxygens (including phenoxy) is 1. The minimum absolute atomic E-state index is 0. The highest BCUT2D eigenvalue weighted by molar-refractivity contribution is 14.0. The van der Waals surface area contributed by atoms with Crippen LogP contribution in [0.1, 0.15) is 18.2 Å². The normalized spacial score (nSPS) is 15.3. The molecule has 3 rings (SSSR count). The second-order valence-electron chi connectivity index (χ2n) is 6.20. The smallest absolute Gasteiger partial charge is 0.194 e. The fourth-order valence-electron chi connectivity index (χ4n) is 3.12. The third-order valence-electron chi connectivity index (χ3n) is 4.47. The van der Waals surface area contributed by atoms with E-state index < -0.39 is 0 Å². The van der Waals surface area contributed by atoms with Crippen LogP contribution in [0.5, 0.6) is 5.75 Å². The van der Waals surface area contributed by atoms with E-state index in [0.29, 0.717) is 13.2 Å². The van der Waals surface area contributed by atoms with E-state index in [9.17, 15) is 0 Å². The Bertz CT molecular complexity index is 700. The van der Waals surface area contributed by atoms with Gasteiger partial charge in [-0.15, -0.1) is 24.0 Å². The molecule has 1 N–H and O–H groups in total. The van der Waals surface area contributed by atoms with Crippen molar-refractivity contribution in [2.45, 2.75) is 20.0 Å². The van der Waals surface area contributed by atoms with Gasteiger partial charge in [0.25, 0.3) is 0 Å². The number of hydrogen-bond donors (Lipinski definition) is 1. The van der Waals surface area contributed by atoms with Gasteiger partial charge >= 0.3 is 0 Å². The maximum atomic E-state index is 5.70. The Labute approximate surface area is 177 Å². The van der Waals surface area contributed by atoms with Crippen LogP contribution in [0.25, 0.3) is 0 Å². The molecule has 0 bridgehead atoms. The van der Waals surface area contributed by atoms with Gasteiger partial charge < -0.3 is 19.5 Å². The molecule has 2 heterocycles. The van der Waals surface area contributed by atoms with E-state index in [4.69, 9.17) is 9.26 Å². The van der Waals surface area contributed by atoms with Gasteiger partial charge in [0.2, 0.25) is 0 Å². The molecule has 0 saturated carbocycles. The van der Waals surface area contributed by atoms with Crippen molar-refractivity contribution in [2.24, 2.45) is 4.99 Å². The molecule has 0 aliphatic carbocycles. The average Bonchev–Trinajstić information content (AvgIpc) is 3.18. The number of aromatic nitrogens is 1. The van der Waals surface area contributed by atoms with Gasteiger partial charge in [0.05, 0.1) is 12.3 Å². The van der Waals surface area contributed by atoms with Crippen LogP contribution >= 0.6 is 24.0 Å². The molecule has 0 spiro atoms. The third-order valence-corrected chi connectivity index (χ3v) is 4.47. The maximum absolute atomic E-state index is 5.70. The Morgan fingerprint density at radius 3 is 2.67 bits per heavy atom. The van der Waals surface area contributed by atoms with Crippen LogP contribution in [0.15, 0.2) is 46.1 Å². The van der Waals surface area contributed by atoms with E-state index in [1.54, 1.807) is 6.26 Å². The molecule has 1 fully saturated rings. The fourth-order valence-corrected chi connectivity index (χ4v) is 3.12. The van der Waals surface area contributed by atoms with Crippen LogP contribution in [-0.2, 0) is 13.1 Å². The molecule has 7 nitrogen and oxygen atoms in total. The molecule has 0 radical (unpaired) electrons. The number of para-hydroxylation sites is 1.